The zero-order valence-electron chi connectivity index (χ0n) is 21.2. The molecule has 3 rings (SSSR count). The van der Waals surface area contributed by atoms with Gasteiger partial charge in [0.25, 0.3) is 0 Å². The van der Waals surface area contributed by atoms with Crippen molar-refractivity contribution in [3.8, 4) is 0 Å². The average Bonchev–Trinajstić information content (AvgIpc) is 3.39. The molecule has 1 N–H and O–H groups in total. The Kier molecular flexibility index (Phi) is 7.63. The Morgan fingerprint density at radius 2 is 1.94 bits per heavy atom. The molecular formula is C26H40N2O6. The summed E-state index contributed by atoms with van der Waals surface area (Å²) in [6.07, 6.45) is 4.74. The van der Waals surface area contributed by atoms with Crippen molar-refractivity contribution in [3.63, 3.8) is 0 Å². The minimum absolute atomic E-state index is 0.0425. The van der Waals surface area contributed by atoms with Crippen molar-refractivity contribution in [2.75, 3.05) is 19.8 Å². The van der Waals surface area contributed by atoms with Gasteiger partial charge in [0.15, 0.2) is 0 Å². The van der Waals surface area contributed by atoms with Crippen molar-refractivity contribution in [1.82, 2.24) is 9.80 Å². The molecule has 2 bridgehead atoms. The zero-order valence-corrected chi connectivity index (χ0v) is 21.2. The maximum absolute atomic E-state index is 14.1. The van der Waals surface area contributed by atoms with Crippen LogP contribution in [0.25, 0.3) is 0 Å². The molecular weight excluding hydrogens is 436 g/mol. The molecule has 1 spiro atoms. The van der Waals surface area contributed by atoms with E-state index in [1.807, 2.05) is 34.6 Å². The highest BCUT2D eigenvalue weighted by molar-refractivity contribution is 5.99. The number of esters is 1. The molecule has 0 saturated carbocycles. The van der Waals surface area contributed by atoms with Crippen molar-refractivity contribution in [1.29, 1.82) is 0 Å². The van der Waals surface area contributed by atoms with Crippen molar-refractivity contribution in [2.45, 2.75) is 83.2 Å². The van der Waals surface area contributed by atoms with E-state index in [0.717, 1.165) is 0 Å². The van der Waals surface area contributed by atoms with Crippen LogP contribution in [0.1, 0.15) is 53.9 Å². The molecule has 190 valence electrons. The molecule has 8 heteroatoms. The van der Waals surface area contributed by atoms with Gasteiger partial charge in [-0.1, -0.05) is 39.5 Å². The predicted molar refractivity (Wildman–Crippen MR) is 128 cm³/mol. The molecule has 0 aromatic rings. The number of fused-ring (bicyclic) bond motifs is 1. The van der Waals surface area contributed by atoms with Crippen LogP contribution in [0.15, 0.2) is 25.3 Å². The fourth-order valence-electron chi connectivity index (χ4n) is 6.35. The first kappa shape index (κ1) is 26.4. The minimum Gasteiger partial charge on any atom is -0.461 e. The molecule has 8 nitrogen and oxygen atoms in total. The number of ether oxygens (including phenoxy) is 2. The number of aliphatic hydroxyl groups is 1. The van der Waals surface area contributed by atoms with Crippen LogP contribution >= 0.6 is 0 Å². The molecule has 3 fully saturated rings. The maximum Gasteiger partial charge on any atom is 0.313 e. The second-order valence-electron chi connectivity index (χ2n) is 10.4. The van der Waals surface area contributed by atoms with Crippen LogP contribution < -0.4 is 0 Å². The summed E-state index contributed by atoms with van der Waals surface area (Å²) in [5, 5.41) is 10.3. The van der Waals surface area contributed by atoms with Gasteiger partial charge in [-0.25, -0.2) is 0 Å². The number of nitrogens with zero attached hydrogens (tertiary/aromatic N) is 2. The highest BCUT2D eigenvalue weighted by Crippen LogP contribution is 2.65. The third kappa shape index (κ3) is 3.79. The van der Waals surface area contributed by atoms with Gasteiger partial charge in [-0.3, -0.25) is 14.4 Å². The molecule has 3 aliphatic rings. The highest BCUT2D eigenvalue weighted by atomic mass is 16.6. The predicted octanol–water partition coefficient (Wildman–Crippen LogP) is 2.31. The summed E-state index contributed by atoms with van der Waals surface area (Å²) in [6.45, 7) is 17.1. The number of carbonyl (C=O) groups is 3. The topological polar surface area (TPSA) is 96.4 Å². The van der Waals surface area contributed by atoms with Crippen molar-refractivity contribution in [2.24, 2.45) is 17.8 Å². The first-order chi connectivity index (χ1) is 16.1. The van der Waals surface area contributed by atoms with Crippen molar-refractivity contribution < 1.29 is 29.0 Å². The van der Waals surface area contributed by atoms with Crippen LogP contribution in [0.3, 0.4) is 0 Å². The van der Waals surface area contributed by atoms with Gasteiger partial charge in [0.05, 0.1) is 24.2 Å². The third-order valence-electron chi connectivity index (χ3n) is 8.00. The molecule has 3 heterocycles. The quantitative estimate of drug-likeness (QED) is 0.363. The Balaban J connectivity index is 2.17. The number of amides is 2. The number of carbonyl (C=O) groups excluding carboxylic acids is 3. The van der Waals surface area contributed by atoms with Gasteiger partial charge < -0.3 is 24.4 Å². The Labute approximate surface area is 202 Å². The van der Waals surface area contributed by atoms with Gasteiger partial charge in [-0.2, -0.15) is 0 Å². The van der Waals surface area contributed by atoms with Crippen LogP contribution in [0, 0.1) is 17.8 Å². The number of rotatable bonds is 11. The summed E-state index contributed by atoms with van der Waals surface area (Å²) in [6, 6.07) is -1.64. The second kappa shape index (κ2) is 9.82. The molecule has 0 radical (unpaired) electrons. The molecule has 2 unspecified atom stereocenters. The van der Waals surface area contributed by atoms with E-state index in [1.165, 1.54) is 11.0 Å². The second-order valence-corrected chi connectivity index (χ2v) is 10.4. The standard InChI is InChI=1S/C26H40N2O6/c1-8-13-27(17(6)7)23(31)21-26-12-11-25(10-3,34-26)20(24(32)33-14-9-2)19(26)22(30)28(21)18(15-29)16(4)5/h8-9,16-21,29H,1-2,10-15H2,3-7H3/t18-,19-,20+,21?,25-,26?/m0/s1. The summed E-state index contributed by atoms with van der Waals surface area (Å²) in [7, 11) is 0. The number of likely N-dealkylation sites (tertiary alicyclic amines) is 1. The van der Waals surface area contributed by atoms with E-state index >= 15 is 0 Å². The van der Waals surface area contributed by atoms with E-state index in [2.05, 4.69) is 13.2 Å². The molecule has 2 amide bonds. The first-order valence-electron chi connectivity index (χ1n) is 12.4. The number of aliphatic hydroxyl groups excluding tert-OH is 1. The minimum atomic E-state index is -1.14. The average molecular weight is 477 g/mol. The first-order valence-corrected chi connectivity index (χ1v) is 12.4. The van der Waals surface area contributed by atoms with Crippen molar-refractivity contribution >= 4 is 17.8 Å². The summed E-state index contributed by atoms with van der Waals surface area (Å²) >= 11 is 0. The Bertz CT molecular complexity index is 841. The smallest absolute Gasteiger partial charge is 0.313 e. The zero-order chi connectivity index (χ0) is 25.4. The van der Waals surface area contributed by atoms with Crippen molar-refractivity contribution in [3.05, 3.63) is 25.3 Å². The largest absolute Gasteiger partial charge is 0.461 e. The molecule has 0 aliphatic carbocycles. The van der Waals surface area contributed by atoms with E-state index in [9.17, 15) is 19.5 Å². The van der Waals surface area contributed by atoms with Gasteiger partial charge in [0, 0.05) is 12.6 Å². The fourth-order valence-corrected chi connectivity index (χ4v) is 6.35. The van der Waals surface area contributed by atoms with Crippen LogP contribution in [-0.2, 0) is 23.9 Å². The molecule has 3 saturated heterocycles. The lowest BCUT2D eigenvalue weighted by molar-refractivity contribution is -0.163. The molecule has 3 aliphatic heterocycles. The SMILES string of the molecule is C=CCOC(=O)[C@H]1[C@H]2C(=O)N([C@@H](CO)C(C)C)C(C(=O)N(CC=C)C(C)C)C23CC[C@]1(CC)O3. The van der Waals surface area contributed by atoms with Gasteiger partial charge >= 0.3 is 5.97 Å². The van der Waals surface area contributed by atoms with E-state index in [4.69, 9.17) is 9.47 Å². The lowest BCUT2D eigenvalue weighted by Crippen LogP contribution is -2.60. The third-order valence-corrected chi connectivity index (χ3v) is 8.00. The molecule has 0 aromatic carbocycles. The number of hydrogen-bond acceptors (Lipinski definition) is 6. The number of hydrogen-bond donors (Lipinski definition) is 1. The summed E-state index contributed by atoms with van der Waals surface area (Å²) in [4.78, 5) is 44.7. The van der Waals surface area contributed by atoms with Gasteiger partial charge in [0.2, 0.25) is 11.8 Å². The van der Waals surface area contributed by atoms with Crippen LogP contribution in [0.2, 0.25) is 0 Å². The molecule has 34 heavy (non-hydrogen) atoms. The summed E-state index contributed by atoms with van der Waals surface area (Å²) in [5.41, 5.74) is -1.99. The summed E-state index contributed by atoms with van der Waals surface area (Å²) in [5.74, 6) is -2.79. The van der Waals surface area contributed by atoms with Gasteiger partial charge in [-0.05, 0) is 39.0 Å². The highest BCUT2D eigenvalue weighted by Gasteiger charge is 2.79. The van der Waals surface area contributed by atoms with E-state index in [-0.39, 0.29) is 37.0 Å². The van der Waals surface area contributed by atoms with E-state index in [1.54, 1.807) is 11.0 Å². The van der Waals surface area contributed by atoms with Crippen LogP contribution in [0.5, 0.6) is 0 Å². The van der Waals surface area contributed by atoms with E-state index in [0.29, 0.717) is 25.8 Å². The Morgan fingerprint density at radius 3 is 2.44 bits per heavy atom. The Hall–Kier alpha value is -2.19. The van der Waals surface area contributed by atoms with E-state index < -0.39 is 41.1 Å². The molecule has 6 atom stereocenters. The normalized spacial score (nSPS) is 32.8. The summed E-state index contributed by atoms with van der Waals surface area (Å²) < 4.78 is 12.1. The van der Waals surface area contributed by atoms with Crippen LogP contribution in [-0.4, -0.2) is 81.8 Å². The maximum atomic E-state index is 14.1. The Morgan fingerprint density at radius 1 is 1.26 bits per heavy atom. The lowest BCUT2D eigenvalue weighted by Gasteiger charge is -2.41. The van der Waals surface area contributed by atoms with Gasteiger partial charge in [0.1, 0.15) is 24.2 Å². The van der Waals surface area contributed by atoms with Crippen LogP contribution in [0.4, 0.5) is 0 Å². The monoisotopic (exact) mass is 476 g/mol. The fraction of sp³-hybridized carbons (Fsp3) is 0.731. The van der Waals surface area contributed by atoms with Gasteiger partial charge in [-0.15, -0.1) is 6.58 Å². The lowest BCUT2D eigenvalue weighted by atomic mass is 9.65. The molecule has 0 aromatic heterocycles.